The van der Waals surface area contributed by atoms with Gasteiger partial charge in [0.05, 0.1) is 7.11 Å². The fourth-order valence-corrected chi connectivity index (χ4v) is 2.94. The van der Waals surface area contributed by atoms with Gasteiger partial charge in [-0.05, 0) is 48.9 Å². The van der Waals surface area contributed by atoms with Crippen molar-refractivity contribution >= 4 is 23.5 Å². The van der Waals surface area contributed by atoms with Crippen molar-refractivity contribution in [2.24, 2.45) is 0 Å². The molecule has 0 aliphatic rings. The zero-order valence-electron chi connectivity index (χ0n) is 17.8. The average Bonchev–Trinajstić information content (AvgIpc) is 2.83. The minimum absolute atomic E-state index is 0.409. The summed E-state index contributed by atoms with van der Waals surface area (Å²) in [6.07, 6.45) is -1.08. The summed E-state index contributed by atoms with van der Waals surface area (Å²) in [7, 11) is 1.55. The number of carbonyl (C=O) groups is 3. The van der Waals surface area contributed by atoms with Gasteiger partial charge in [-0.2, -0.15) is 0 Å². The van der Waals surface area contributed by atoms with Crippen molar-refractivity contribution in [3.05, 3.63) is 96.1 Å². The van der Waals surface area contributed by atoms with Crippen LogP contribution < -0.4 is 15.4 Å². The molecular formula is C25H24N2O5. The number of anilines is 1. The van der Waals surface area contributed by atoms with Crippen molar-refractivity contribution in [1.29, 1.82) is 0 Å². The molecular weight excluding hydrogens is 408 g/mol. The van der Waals surface area contributed by atoms with E-state index in [1.807, 2.05) is 0 Å². The van der Waals surface area contributed by atoms with E-state index in [1.165, 1.54) is 6.92 Å². The molecule has 0 saturated carbocycles. The largest absolute Gasteiger partial charge is 0.497 e. The van der Waals surface area contributed by atoms with E-state index in [9.17, 15) is 14.4 Å². The summed E-state index contributed by atoms with van der Waals surface area (Å²) in [4.78, 5) is 38.1. The average molecular weight is 432 g/mol. The molecule has 0 fully saturated rings. The predicted molar refractivity (Wildman–Crippen MR) is 120 cm³/mol. The Balaban J connectivity index is 1.69. The molecule has 0 aromatic heterocycles. The van der Waals surface area contributed by atoms with E-state index in [4.69, 9.17) is 9.47 Å². The molecule has 3 rings (SSSR count). The maximum atomic E-state index is 12.9. The summed E-state index contributed by atoms with van der Waals surface area (Å²) < 4.78 is 10.5. The number of nitrogens with one attached hydrogen (secondary N) is 2. The summed E-state index contributed by atoms with van der Waals surface area (Å²) in [5.74, 6) is -1.00. The smallest absolute Gasteiger partial charge is 0.334 e. The summed E-state index contributed by atoms with van der Waals surface area (Å²) in [6, 6.07) is 23.0. The van der Waals surface area contributed by atoms with Crippen LogP contribution in [0.5, 0.6) is 5.75 Å². The molecule has 3 aromatic rings. The van der Waals surface area contributed by atoms with Gasteiger partial charge in [0.2, 0.25) is 0 Å². The van der Waals surface area contributed by atoms with Crippen LogP contribution in [0, 0.1) is 0 Å². The minimum Gasteiger partial charge on any atom is -0.497 e. The van der Waals surface area contributed by atoms with Crippen molar-refractivity contribution in [2.45, 2.75) is 19.1 Å². The number of carbonyl (C=O) groups excluding carboxylic acids is 3. The quantitative estimate of drug-likeness (QED) is 0.529. The van der Waals surface area contributed by atoms with Crippen LogP contribution in [-0.2, 0) is 14.3 Å². The minimum atomic E-state index is -1.08. The lowest BCUT2D eigenvalue weighted by atomic mass is 10.1. The number of methoxy groups -OCH3 is 1. The number of ether oxygens (including phenoxy) is 2. The fraction of sp³-hybridized carbons (Fsp3) is 0.160. The maximum Gasteiger partial charge on any atom is 0.334 e. The molecule has 7 nitrogen and oxygen atoms in total. The van der Waals surface area contributed by atoms with E-state index in [1.54, 1.807) is 92.0 Å². The first kappa shape index (κ1) is 22.6. The van der Waals surface area contributed by atoms with Crippen molar-refractivity contribution in [3.63, 3.8) is 0 Å². The number of benzene rings is 3. The highest BCUT2D eigenvalue weighted by Gasteiger charge is 2.28. The van der Waals surface area contributed by atoms with Crippen LogP contribution >= 0.6 is 0 Å². The number of rotatable bonds is 8. The van der Waals surface area contributed by atoms with Gasteiger partial charge >= 0.3 is 5.97 Å². The van der Waals surface area contributed by atoms with Crippen molar-refractivity contribution in [2.75, 3.05) is 12.4 Å². The molecule has 2 amide bonds. The van der Waals surface area contributed by atoms with E-state index in [2.05, 4.69) is 10.6 Å². The molecule has 0 radical (unpaired) electrons. The summed E-state index contributed by atoms with van der Waals surface area (Å²) in [5, 5.41) is 5.38. The highest BCUT2D eigenvalue weighted by atomic mass is 16.5. The van der Waals surface area contributed by atoms with Crippen molar-refractivity contribution < 1.29 is 23.9 Å². The molecule has 0 bridgehead atoms. The van der Waals surface area contributed by atoms with E-state index in [-0.39, 0.29) is 0 Å². The molecule has 0 aliphatic heterocycles. The molecule has 164 valence electrons. The van der Waals surface area contributed by atoms with Crippen LogP contribution in [0.2, 0.25) is 0 Å². The first-order chi connectivity index (χ1) is 15.5. The second kappa shape index (κ2) is 10.8. The maximum absolute atomic E-state index is 12.9. The number of hydrogen-bond acceptors (Lipinski definition) is 5. The first-order valence-corrected chi connectivity index (χ1v) is 10.0. The third kappa shape index (κ3) is 5.95. The van der Waals surface area contributed by atoms with Crippen molar-refractivity contribution in [3.8, 4) is 5.75 Å². The Morgan fingerprint density at radius 3 is 2.00 bits per heavy atom. The Labute approximate surface area is 186 Å². The summed E-state index contributed by atoms with van der Waals surface area (Å²) >= 11 is 0. The molecule has 0 heterocycles. The van der Waals surface area contributed by atoms with E-state index in [0.717, 1.165) is 0 Å². The normalized spacial score (nSPS) is 12.2. The molecule has 2 atom stereocenters. The van der Waals surface area contributed by atoms with Crippen LogP contribution in [0.1, 0.15) is 28.9 Å². The van der Waals surface area contributed by atoms with Gasteiger partial charge in [0.1, 0.15) is 5.75 Å². The lowest BCUT2D eigenvalue weighted by Crippen LogP contribution is -2.38. The topological polar surface area (TPSA) is 93.7 Å². The number of amides is 2. The SMILES string of the molecule is COc1ccc(NC(=O)[C@H](C)OC(=O)[C@H](NC(=O)c2ccccc2)c2ccccc2)cc1. The van der Waals surface area contributed by atoms with E-state index >= 15 is 0 Å². The molecule has 2 N–H and O–H groups in total. The second-order valence-electron chi connectivity index (χ2n) is 6.98. The van der Waals surface area contributed by atoms with Gasteiger partial charge in [-0.15, -0.1) is 0 Å². The highest BCUT2D eigenvalue weighted by molar-refractivity contribution is 5.98. The van der Waals surface area contributed by atoms with Crippen molar-refractivity contribution in [1.82, 2.24) is 5.32 Å². The Bertz CT molecular complexity index is 1050. The van der Waals surface area contributed by atoms with Crippen LogP contribution in [0.4, 0.5) is 5.69 Å². The van der Waals surface area contributed by atoms with Gasteiger partial charge in [0.25, 0.3) is 11.8 Å². The predicted octanol–water partition coefficient (Wildman–Crippen LogP) is 3.74. The molecule has 32 heavy (non-hydrogen) atoms. The summed E-state index contributed by atoms with van der Waals surface area (Å²) in [5.41, 5.74) is 1.49. The van der Waals surface area contributed by atoms with Gasteiger partial charge in [-0.1, -0.05) is 48.5 Å². The summed E-state index contributed by atoms with van der Waals surface area (Å²) in [6.45, 7) is 1.47. The van der Waals surface area contributed by atoms with Gasteiger partial charge < -0.3 is 20.1 Å². The Morgan fingerprint density at radius 2 is 1.41 bits per heavy atom. The molecule has 7 heteroatoms. The lowest BCUT2D eigenvalue weighted by molar-refractivity contribution is -0.155. The zero-order chi connectivity index (χ0) is 22.9. The van der Waals surface area contributed by atoms with Crippen LogP contribution in [0.25, 0.3) is 0 Å². The van der Waals surface area contributed by atoms with Gasteiger partial charge in [-0.25, -0.2) is 4.79 Å². The molecule has 0 aliphatic carbocycles. The third-order valence-electron chi connectivity index (χ3n) is 4.70. The highest BCUT2D eigenvalue weighted by Crippen LogP contribution is 2.18. The van der Waals surface area contributed by atoms with Gasteiger partial charge in [-0.3, -0.25) is 9.59 Å². The number of hydrogen-bond donors (Lipinski definition) is 2. The molecule has 3 aromatic carbocycles. The monoisotopic (exact) mass is 432 g/mol. The van der Waals surface area contributed by atoms with E-state index in [0.29, 0.717) is 22.6 Å². The Kier molecular flexibility index (Phi) is 7.59. The lowest BCUT2D eigenvalue weighted by Gasteiger charge is -2.21. The third-order valence-corrected chi connectivity index (χ3v) is 4.70. The number of esters is 1. The molecule has 0 saturated heterocycles. The van der Waals surface area contributed by atoms with Crippen LogP contribution in [-0.4, -0.2) is 31.0 Å². The fourth-order valence-electron chi connectivity index (χ4n) is 2.94. The van der Waals surface area contributed by atoms with E-state index < -0.39 is 29.9 Å². The first-order valence-electron chi connectivity index (χ1n) is 10.0. The standard InChI is InChI=1S/C25H24N2O5/c1-17(23(28)26-20-13-15-21(31-2)16-14-20)32-25(30)22(18-9-5-3-6-10-18)27-24(29)19-11-7-4-8-12-19/h3-17,22H,1-2H3,(H,26,28)(H,27,29)/t17-,22+/m0/s1. The Hall–Kier alpha value is -4.13. The zero-order valence-corrected chi connectivity index (χ0v) is 17.8. The van der Waals surface area contributed by atoms with Gasteiger partial charge in [0, 0.05) is 11.3 Å². The second-order valence-corrected chi connectivity index (χ2v) is 6.98. The van der Waals surface area contributed by atoms with Gasteiger partial charge in [0.15, 0.2) is 12.1 Å². The Morgan fingerprint density at radius 1 is 0.812 bits per heavy atom. The van der Waals surface area contributed by atoms with Crippen LogP contribution in [0.3, 0.4) is 0 Å². The van der Waals surface area contributed by atoms with Crippen LogP contribution in [0.15, 0.2) is 84.9 Å². The molecule has 0 unspecified atom stereocenters. The molecule has 0 spiro atoms.